The summed E-state index contributed by atoms with van der Waals surface area (Å²) in [7, 11) is 0. The van der Waals surface area contributed by atoms with E-state index in [-0.39, 0.29) is 17.5 Å². The molecule has 0 bridgehead atoms. The van der Waals surface area contributed by atoms with Gasteiger partial charge in [0.05, 0.1) is 0 Å². The predicted molar refractivity (Wildman–Crippen MR) is 70.1 cm³/mol. The van der Waals surface area contributed by atoms with Crippen LogP contribution in [-0.4, -0.2) is 23.8 Å². The summed E-state index contributed by atoms with van der Waals surface area (Å²) < 4.78 is 13.1. The number of carbonyl (C=O) groups is 1. The number of carbonyl (C=O) groups excluding carboxylic acids is 1. The molecule has 0 amide bonds. The van der Waals surface area contributed by atoms with Crippen LogP contribution in [0.1, 0.15) is 25.3 Å². The SMILES string of the molecule is CC(=O)C1CCN(Cc2cc(F)ccc2Cl)CC1. The van der Waals surface area contributed by atoms with Crippen LogP contribution in [0.5, 0.6) is 0 Å². The standard InChI is InChI=1S/C14H17ClFNO/c1-10(18)11-4-6-17(7-5-11)9-12-8-13(16)2-3-14(12)15/h2-3,8,11H,4-7,9H2,1H3. The second-order valence-electron chi connectivity index (χ2n) is 4.90. The lowest BCUT2D eigenvalue weighted by atomic mass is 9.93. The zero-order valence-electron chi connectivity index (χ0n) is 10.5. The minimum atomic E-state index is -0.256. The number of rotatable bonds is 3. The maximum absolute atomic E-state index is 13.1. The summed E-state index contributed by atoms with van der Waals surface area (Å²) in [5, 5.41) is 0.602. The Bertz CT molecular complexity index is 441. The van der Waals surface area contributed by atoms with Crippen molar-refractivity contribution in [1.82, 2.24) is 4.90 Å². The number of nitrogens with zero attached hydrogens (tertiary/aromatic N) is 1. The van der Waals surface area contributed by atoms with Crippen LogP contribution in [-0.2, 0) is 11.3 Å². The highest BCUT2D eigenvalue weighted by atomic mass is 35.5. The zero-order valence-corrected chi connectivity index (χ0v) is 11.2. The largest absolute Gasteiger partial charge is 0.300 e. The van der Waals surface area contributed by atoms with Gasteiger partial charge in [-0.1, -0.05) is 11.6 Å². The number of hydrogen-bond donors (Lipinski definition) is 0. The van der Waals surface area contributed by atoms with E-state index in [1.807, 2.05) is 0 Å². The molecule has 0 N–H and O–H groups in total. The second-order valence-corrected chi connectivity index (χ2v) is 5.30. The fourth-order valence-electron chi connectivity index (χ4n) is 2.40. The molecule has 0 atom stereocenters. The molecule has 0 radical (unpaired) electrons. The van der Waals surface area contributed by atoms with Crippen molar-refractivity contribution in [3.63, 3.8) is 0 Å². The molecule has 2 nitrogen and oxygen atoms in total. The molecule has 0 aromatic heterocycles. The highest BCUT2D eigenvalue weighted by Crippen LogP contribution is 2.23. The van der Waals surface area contributed by atoms with E-state index in [0.29, 0.717) is 11.6 Å². The lowest BCUT2D eigenvalue weighted by Gasteiger charge is -2.30. The van der Waals surface area contributed by atoms with Gasteiger partial charge in [0, 0.05) is 17.5 Å². The Kier molecular flexibility index (Phi) is 4.36. The van der Waals surface area contributed by atoms with E-state index in [9.17, 15) is 9.18 Å². The normalized spacial score (nSPS) is 17.9. The number of benzene rings is 1. The average molecular weight is 270 g/mol. The minimum absolute atomic E-state index is 0.198. The van der Waals surface area contributed by atoms with E-state index < -0.39 is 0 Å². The van der Waals surface area contributed by atoms with Gasteiger partial charge >= 0.3 is 0 Å². The van der Waals surface area contributed by atoms with E-state index in [1.165, 1.54) is 12.1 Å². The van der Waals surface area contributed by atoms with Crippen LogP contribution in [0.25, 0.3) is 0 Å². The third-order valence-corrected chi connectivity index (χ3v) is 3.93. The fourth-order valence-corrected chi connectivity index (χ4v) is 2.58. The van der Waals surface area contributed by atoms with Crippen LogP contribution < -0.4 is 0 Å². The Balaban J connectivity index is 1.95. The summed E-state index contributed by atoms with van der Waals surface area (Å²) in [6.45, 7) is 4.05. The van der Waals surface area contributed by atoms with Crippen LogP contribution in [0.15, 0.2) is 18.2 Å². The van der Waals surface area contributed by atoms with Gasteiger partial charge in [-0.3, -0.25) is 9.69 Å². The van der Waals surface area contributed by atoms with Gasteiger partial charge in [-0.05, 0) is 56.6 Å². The Morgan fingerprint density at radius 3 is 2.72 bits per heavy atom. The molecule has 1 aliphatic rings. The molecular formula is C14H17ClFNO. The Morgan fingerprint density at radius 2 is 2.11 bits per heavy atom. The Labute approximate surface area is 112 Å². The zero-order chi connectivity index (χ0) is 13.1. The molecule has 1 aliphatic heterocycles. The maximum atomic E-state index is 13.1. The number of ketones is 1. The first-order valence-corrected chi connectivity index (χ1v) is 6.61. The van der Waals surface area contributed by atoms with E-state index in [1.54, 1.807) is 13.0 Å². The summed E-state index contributed by atoms with van der Waals surface area (Å²) in [5.74, 6) is 0.218. The molecule has 0 saturated carbocycles. The molecule has 0 unspecified atom stereocenters. The Hall–Kier alpha value is -0.930. The number of piperidine rings is 1. The molecule has 1 aromatic rings. The molecule has 0 spiro atoms. The first-order chi connectivity index (χ1) is 8.56. The number of likely N-dealkylation sites (tertiary alicyclic amines) is 1. The van der Waals surface area contributed by atoms with Gasteiger partial charge in [-0.15, -0.1) is 0 Å². The Morgan fingerprint density at radius 1 is 1.44 bits per heavy atom. The van der Waals surface area contributed by atoms with Crippen LogP contribution >= 0.6 is 11.6 Å². The number of Topliss-reactive ketones (excluding diaryl/α,β-unsaturated/α-hetero) is 1. The van der Waals surface area contributed by atoms with E-state index in [2.05, 4.69) is 4.90 Å². The molecule has 1 aromatic carbocycles. The number of halogens is 2. The summed E-state index contributed by atoms with van der Waals surface area (Å²) in [6.07, 6.45) is 1.78. The highest BCUT2D eigenvalue weighted by molar-refractivity contribution is 6.31. The van der Waals surface area contributed by atoms with Gasteiger partial charge in [0.2, 0.25) is 0 Å². The van der Waals surface area contributed by atoms with Gasteiger partial charge in [0.1, 0.15) is 11.6 Å². The lowest BCUT2D eigenvalue weighted by Crippen LogP contribution is -2.35. The minimum Gasteiger partial charge on any atom is -0.300 e. The van der Waals surface area contributed by atoms with E-state index in [0.717, 1.165) is 31.5 Å². The van der Waals surface area contributed by atoms with Crippen LogP contribution in [0, 0.1) is 11.7 Å². The van der Waals surface area contributed by atoms with Gasteiger partial charge < -0.3 is 0 Å². The summed E-state index contributed by atoms with van der Waals surface area (Å²) in [6, 6.07) is 4.45. The fraction of sp³-hybridized carbons (Fsp3) is 0.500. The second kappa shape index (κ2) is 5.81. The van der Waals surface area contributed by atoms with Crippen molar-refractivity contribution >= 4 is 17.4 Å². The van der Waals surface area contributed by atoms with Crippen molar-refractivity contribution in [3.8, 4) is 0 Å². The first-order valence-electron chi connectivity index (χ1n) is 6.23. The van der Waals surface area contributed by atoms with Crippen LogP contribution in [0.3, 0.4) is 0 Å². The monoisotopic (exact) mass is 269 g/mol. The van der Waals surface area contributed by atoms with Crippen LogP contribution in [0.2, 0.25) is 5.02 Å². The summed E-state index contributed by atoms with van der Waals surface area (Å²) in [5.41, 5.74) is 0.818. The van der Waals surface area contributed by atoms with Gasteiger partial charge in [-0.2, -0.15) is 0 Å². The van der Waals surface area contributed by atoms with Gasteiger partial charge in [0.25, 0.3) is 0 Å². The maximum Gasteiger partial charge on any atom is 0.133 e. The quantitative estimate of drug-likeness (QED) is 0.839. The lowest BCUT2D eigenvalue weighted by molar-refractivity contribution is -0.122. The van der Waals surface area contributed by atoms with E-state index in [4.69, 9.17) is 11.6 Å². The van der Waals surface area contributed by atoms with Crippen molar-refractivity contribution in [3.05, 3.63) is 34.6 Å². The molecule has 0 aliphatic carbocycles. The van der Waals surface area contributed by atoms with Crippen molar-refractivity contribution in [1.29, 1.82) is 0 Å². The number of hydrogen-bond acceptors (Lipinski definition) is 2. The summed E-state index contributed by atoms with van der Waals surface area (Å²) in [4.78, 5) is 13.5. The molecule has 18 heavy (non-hydrogen) atoms. The molecule has 4 heteroatoms. The van der Waals surface area contributed by atoms with Crippen LogP contribution in [0.4, 0.5) is 4.39 Å². The van der Waals surface area contributed by atoms with Gasteiger partial charge in [0.15, 0.2) is 0 Å². The highest BCUT2D eigenvalue weighted by Gasteiger charge is 2.22. The molecule has 1 saturated heterocycles. The molecule has 1 heterocycles. The van der Waals surface area contributed by atoms with Crippen molar-refractivity contribution in [2.75, 3.05) is 13.1 Å². The molecular weight excluding hydrogens is 253 g/mol. The third-order valence-electron chi connectivity index (χ3n) is 3.56. The molecule has 1 fully saturated rings. The first kappa shape index (κ1) is 13.5. The third kappa shape index (κ3) is 3.30. The molecule has 98 valence electrons. The van der Waals surface area contributed by atoms with Crippen molar-refractivity contribution < 1.29 is 9.18 Å². The smallest absolute Gasteiger partial charge is 0.133 e. The van der Waals surface area contributed by atoms with Crippen molar-refractivity contribution in [2.24, 2.45) is 5.92 Å². The van der Waals surface area contributed by atoms with Gasteiger partial charge in [-0.25, -0.2) is 4.39 Å². The predicted octanol–water partition coefficient (Wildman–Crippen LogP) is 3.28. The van der Waals surface area contributed by atoms with Crippen molar-refractivity contribution in [2.45, 2.75) is 26.3 Å². The topological polar surface area (TPSA) is 20.3 Å². The van der Waals surface area contributed by atoms with E-state index >= 15 is 0 Å². The molecule has 2 rings (SSSR count). The summed E-state index contributed by atoms with van der Waals surface area (Å²) >= 11 is 6.05. The average Bonchev–Trinajstić information content (AvgIpc) is 2.34.